The second-order valence-electron chi connectivity index (χ2n) is 4.12. The average Bonchev–Trinajstić information content (AvgIpc) is 2.45. The Balaban J connectivity index is 2.42. The molecule has 0 saturated heterocycles. The van der Waals surface area contributed by atoms with E-state index in [2.05, 4.69) is 17.2 Å². The third kappa shape index (κ3) is 3.33. The van der Waals surface area contributed by atoms with E-state index in [1.165, 1.54) is 6.07 Å². The smallest absolute Gasteiger partial charge is 0.387 e. The molecule has 0 amide bonds. The van der Waals surface area contributed by atoms with Crippen LogP contribution in [0.1, 0.15) is 16.7 Å². The van der Waals surface area contributed by atoms with Crippen molar-refractivity contribution in [2.24, 2.45) is 0 Å². The number of rotatable bonds is 1. The van der Waals surface area contributed by atoms with Crippen LogP contribution in [0.2, 0.25) is 0 Å². The van der Waals surface area contributed by atoms with Crippen molar-refractivity contribution in [3.05, 3.63) is 65.2 Å². The monoisotopic (exact) mass is 275 g/mol. The second-order valence-corrected chi connectivity index (χ2v) is 4.12. The Morgan fingerprint density at radius 2 is 1.65 bits per heavy atom. The van der Waals surface area contributed by atoms with Gasteiger partial charge in [0.2, 0.25) is 0 Å². The van der Waals surface area contributed by atoms with Gasteiger partial charge in [0.05, 0.1) is 5.56 Å². The van der Waals surface area contributed by atoms with Crippen molar-refractivity contribution in [1.82, 2.24) is 0 Å². The second kappa shape index (κ2) is 5.70. The van der Waals surface area contributed by atoms with E-state index in [0.717, 1.165) is 17.7 Å². The van der Waals surface area contributed by atoms with E-state index in [4.69, 9.17) is 0 Å². The quantitative estimate of drug-likeness (QED) is 0.771. The Bertz CT molecular complexity index is 649. The fraction of sp³-hybridized carbons (Fsp3) is 0.125. The summed E-state index contributed by atoms with van der Waals surface area (Å²) in [5.41, 5.74) is 0.952. The molecule has 0 aliphatic heterocycles. The van der Waals surface area contributed by atoms with Gasteiger partial charge in [-0.15, -0.1) is 0 Å². The SMILES string of the molecule is CNc1ccc(C(F)(F)F)cc1C#Cc1ccccc1. The highest BCUT2D eigenvalue weighted by molar-refractivity contribution is 5.61. The summed E-state index contributed by atoms with van der Waals surface area (Å²) in [5, 5.41) is 2.84. The third-order valence-electron chi connectivity index (χ3n) is 2.73. The van der Waals surface area contributed by atoms with Crippen LogP contribution in [0.4, 0.5) is 18.9 Å². The van der Waals surface area contributed by atoms with Gasteiger partial charge in [-0.3, -0.25) is 0 Å². The highest BCUT2D eigenvalue weighted by atomic mass is 19.4. The molecule has 0 fully saturated rings. The Kier molecular flexibility index (Phi) is 3.99. The molecule has 4 heteroatoms. The highest BCUT2D eigenvalue weighted by Gasteiger charge is 2.30. The summed E-state index contributed by atoms with van der Waals surface area (Å²) in [6, 6.07) is 12.6. The number of alkyl halides is 3. The predicted octanol–water partition coefficient (Wildman–Crippen LogP) is 4.15. The maximum atomic E-state index is 12.7. The fourth-order valence-corrected chi connectivity index (χ4v) is 1.70. The first-order valence-corrected chi connectivity index (χ1v) is 5.97. The van der Waals surface area contributed by atoms with Crippen molar-refractivity contribution in [3.63, 3.8) is 0 Å². The molecule has 0 radical (unpaired) electrons. The minimum atomic E-state index is -4.37. The maximum absolute atomic E-state index is 12.7. The lowest BCUT2D eigenvalue weighted by Gasteiger charge is -2.09. The van der Waals surface area contributed by atoms with E-state index < -0.39 is 11.7 Å². The number of anilines is 1. The van der Waals surface area contributed by atoms with Gasteiger partial charge in [-0.1, -0.05) is 30.0 Å². The molecule has 0 aromatic heterocycles. The molecule has 2 aromatic carbocycles. The van der Waals surface area contributed by atoms with Crippen molar-refractivity contribution < 1.29 is 13.2 Å². The van der Waals surface area contributed by atoms with Crippen LogP contribution < -0.4 is 5.32 Å². The number of hydrogen-bond donors (Lipinski definition) is 1. The molecule has 1 nitrogen and oxygen atoms in total. The van der Waals surface area contributed by atoms with Crippen LogP contribution in [0.5, 0.6) is 0 Å². The molecule has 0 unspecified atom stereocenters. The van der Waals surface area contributed by atoms with Gasteiger partial charge >= 0.3 is 6.18 Å². The molecule has 0 heterocycles. The number of nitrogens with one attached hydrogen (secondary N) is 1. The first kappa shape index (κ1) is 14.0. The summed E-state index contributed by atoms with van der Waals surface area (Å²) < 4.78 is 38.1. The molecule has 1 N–H and O–H groups in total. The normalized spacial score (nSPS) is 10.6. The van der Waals surface area contributed by atoms with Crippen LogP contribution >= 0.6 is 0 Å². The molecule has 2 rings (SSSR count). The Hall–Kier alpha value is -2.41. The lowest BCUT2D eigenvalue weighted by Crippen LogP contribution is -2.06. The van der Waals surface area contributed by atoms with Crippen molar-refractivity contribution in [1.29, 1.82) is 0 Å². The van der Waals surface area contributed by atoms with E-state index in [1.54, 1.807) is 19.2 Å². The molecule has 0 atom stereocenters. The standard InChI is InChI=1S/C16H12F3N/c1-20-15-10-9-14(16(17,18)19)11-13(15)8-7-12-5-3-2-4-6-12/h2-6,9-11,20H,1H3. The molecule has 2 aromatic rings. The molecule has 102 valence electrons. The number of benzene rings is 2. The van der Waals surface area contributed by atoms with Crippen LogP contribution in [0.3, 0.4) is 0 Å². The minimum absolute atomic E-state index is 0.325. The first-order valence-electron chi connectivity index (χ1n) is 5.97. The molecule has 0 aliphatic rings. The number of halogens is 3. The zero-order valence-corrected chi connectivity index (χ0v) is 10.8. The van der Waals surface area contributed by atoms with Gasteiger partial charge in [-0.25, -0.2) is 0 Å². The summed E-state index contributed by atoms with van der Waals surface area (Å²) in [7, 11) is 1.65. The van der Waals surface area contributed by atoms with Crippen LogP contribution in [0.25, 0.3) is 0 Å². The van der Waals surface area contributed by atoms with Crippen molar-refractivity contribution in [3.8, 4) is 11.8 Å². The van der Waals surface area contributed by atoms with Gasteiger partial charge in [0.1, 0.15) is 0 Å². The van der Waals surface area contributed by atoms with Crippen LogP contribution in [0, 0.1) is 11.8 Å². The van der Waals surface area contributed by atoms with Crippen LogP contribution in [-0.2, 0) is 6.18 Å². The van der Waals surface area contributed by atoms with Crippen LogP contribution in [-0.4, -0.2) is 7.05 Å². The summed E-state index contributed by atoms with van der Waals surface area (Å²) in [6.45, 7) is 0. The van der Waals surface area contributed by atoms with Gasteiger partial charge in [0, 0.05) is 23.9 Å². The van der Waals surface area contributed by atoms with E-state index >= 15 is 0 Å². The predicted molar refractivity (Wildman–Crippen MR) is 73.4 cm³/mol. The number of hydrogen-bond acceptors (Lipinski definition) is 1. The van der Waals surface area contributed by atoms with Gasteiger partial charge in [0.15, 0.2) is 0 Å². The molecule has 0 spiro atoms. The third-order valence-corrected chi connectivity index (χ3v) is 2.73. The topological polar surface area (TPSA) is 12.0 Å². The minimum Gasteiger partial charge on any atom is -0.387 e. The van der Waals surface area contributed by atoms with Gasteiger partial charge < -0.3 is 5.32 Å². The summed E-state index contributed by atoms with van der Waals surface area (Å²) >= 11 is 0. The lowest BCUT2D eigenvalue weighted by atomic mass is 10.1. The van der Waals surface area contributed by atoms with Gasteiger partial charge in [0.25, 0.3) is 0 Å². The summed E-state index contributed by atoms with van der Waals surface area (Å²) in [5.74, 6) is 5.64. The van der Waals surface area contributed by atoms with Crippen LogP contribution in [0.15, 0.2) is 48.5 Å². The molecule has 0 bridgehead atoms. The zero-order chi connectivity index (χ0) is 14.6. The van der Waals surface area contributed by atoms with E-state index in [9.17, 15) is 13.2 Å². The average molecular weight is 275 g/mol. The lowest BCUT2D eigenvalue weighted by molar-refractivity contribution is -0.137. The van der Waals surface area contributed by atoms with E-state index in [1.807, 2.05) is 18.2 Å². The maximum Gasteiger partial charge on any atom is 0.416 e. The molecule has 20 heavy (non-hydrogen) atoms. The fourth-order valence-electron chi connectivity index (χ4n) is 1.70. The highest BCUT2D eigenvalue weighted by Crippen LogP contribution is 2.31. The zero-order valence-electron chi connectivity index (χ0n) is 10.8. The molecular weight excluding hydrogens is 263 g/mol. The summed E-state index contributed by atoms with van der Waals surface area (Å²) in [4.78, 5) is 0. The Morgan fingerprint density at radius 1 is 0.950 bits per heavy atom. The Labute approximate surface area is 115 Å². The molecule has 0 aliphatic carbocycles. The Morgan fingerprint density at radius 3 is 2.25 bits per heavy atom. The van der Waals surface area contributed by atoms with Crippen molar-refractivity contribution in [2.45, 2.75) is 6.18 Å². The van der Waals surface area contributed by atoms with Crippen molar-refractivity contribution >= 4 is 5.69 Å². The first-order chi connectivity index (χ1) is 9.50. The molecular formula is C16H12F3N. The van der Waals surface area contributed by atoms with Gasteiger partial charge in [-0.05, 0) is 30.3 Å². The van der Waals surface area contributed by atoms with Gasteiger partial charge in [-0.2, -0.15) is 13.2 Å². The van der Waals surface area contributed by atoms with E-state index in [0.29, 0.717) is 11.3 Å². The van der Waals surface area contributed by atoms with Crippen molar-refractivity contribution in [2.75, 3.05) is 12.4 Å². The largest absolute Gasteiger partial charge is 0.416 e. The van der Waals surface area contributed by atoms with E-state index in [-0.39, 0.29) is 0 Å². The molecule has 0 saturated carbocycles. The summed E-state index contributed by atoms with van der Waals surface area (Å²) in [6.07, 6.45) is -4.37.